The summed E-state index contributed by atoms with van der Waals surface area (Å²) in [5.41, 5.74) is 3.49. The Morgan fingerprint density at radius 2 is 2.00 bits per heavy atom. The molecule has 0 fully saturated rings. The highest BCUT2D eigenvalue weighted by molar-refractivity contribution is 6.32. The average Bonchev–Trinajstić information content (AvgIpc) is 2.33. The number of methoxy groups -OCH3 is 1. The van der Waals surface area contributed by atoms with Gasteiger partial charge in [0.25, 0.3) is 0 Å². The van der Waals surface area contributed by atoms with Gasteiger partial charge >= 0.3 is 0 Å². The van der Waals surface area contributed by atoms with E-state index < -0.39 is 0 Å². The van der Waals surface area contributed by atoms with Crippen molar-refractivity contribution in [1.82, 2.24) is 5.32 Å². The fourth-order valence-electron chi connectivity index (χ4n) is 2.06. The lowest BCUT2D eigenvalue weighted by Gasteiger charge is -2.15. The van der Waals surface area contributed by atoms with Crippen LogP contribution in [0.2, 0.25) is 5.02 Å². The third kappa shape index (κ3) is 3.62. The highest BCUT2D eigenvalue weighted by Gasteiger charge is 2.12. The van der Waals surface area contributed by atoms with Crippen LogP contribution in [0.5, 0.6) is 5.75 Å². The van der Waals surface area contributed by atoms with Crippen molar-refractivity contribution in [2.75, 3.05) is 20.7 Å². The highest BCUT2D eigenvalue weighted by atomic mass is 35.5. The Labute approximate surface area is 109 Å². The number of hydrogen-bond acceptors (Lipinski definition) is 2. The first kappa shape index (κ1) is 14.3. The summed E-state index contributed by atoms with van der Waals surface area (Å²) in [6.07, 6.45) is 3.35. The first-order valence-corrected chi connectivity index (χ1v) is 6.46. The number of nitrogens with one attached hydrogen (secondary N) is 1. The molecule has 1 aromatic rings. The molecule has 0 radical (unpaired) electrons. The average molecular weight is 256 g/mol. The maximum atomic E-state index is 6.28. The molecule has 0 aliphatic rings. The van der Waals surface area contributed by atoms with Crippen LogP contribution in [-0.4, -0.2) is 20.7 Å². The standard InChI is InChI=1S/C14H22ClNO/c1-10-9-13(17-4)12(11(2)14(10)15)7-5-6-8-16-3/h9,16H,5-8H2,1-4H3. The Balaban J connectivity index is 2.85. The number of ether oxygens (including phenoxy) is 1. The van der Waals surface area contributed by atoms with Crippen molar-refractivity contribution in [3.05, 3.63) is 27.8 Å². The third-order valence-electron chi connectivity index (χ3n) is 3.10. The monoisotopic (exact) mass is 255 g/mol. The second-order valence-corrected chi connectivity index (χ2v) is 4.75. The molecule has 0 aliphatic carbocycles. The molecule has 0 spiro atoms. The molecule has 1 aromatic carbocycles. The summed E-state index contributed by atoms with van der Waals surface area (Å²) in [5.74, 6) is 0.967. The van der Waals surface area contributed by atoms with Gasteiger partial charge < -0.3 is 10.1 Å². The first-order valence-electron chi connectivity index (χ1n) is 6.09. The van der Waals surface area contributed by atoms with Crippen LogP contribution in [-0.2, 0) is 6.42 Å². The van der Waals surface area contributed by atoms with E-state index in [4.69, 9.17) is 16.3 Å². The van der Waals surface area contributed by atoms with Crippen LogP contribution in [0.1, 0.15) is 29.5 Å². The van der Waals surface area contributed by atoms with Gasteiger partial charge in [-0.2, -0.15) is 0 Å². The number of unbranched alkanes of at least 4 members (excludes halogenated alkanes) is 1. The van der Waals surface area contributed by atoms with E-state index in [1.54, 1.807) is 7.11 Å². The van der Waals surface area contributed by atoms with Gasteiger partial charge in [0.1, 0.15) is 5.75 Å². The zero-order chi connectivity index (χ0) is 12.8. The van der Waals surface area contributed by atoms with Crippen molar-refractivity contribution in [2.24, 2.45) is 0 Å². The molecule has 0 amide bonds. The lowest BCUT2D eigenvalue weighted by atomic mass is 9.99. The molecule has 0 unspecified atom stereocenters. The lowest BCUT2D eigenvalue weighted by Crippen LogP contribution is -2.08. The van der Waals surface area contributed by atoms with Crippen molar-refractivity contribution < 1.29 is 4.74 Å². The van der Waals surface area contributed by atoms with Crippen LogP contribution in [0.15, 0.2) is 6.07 Å². The van der Waals surface area contributed by atoms with Crippen LogP contribution >= 0.6 is 11.6 Å². The molecule has 0 aromatic heterocycles. The molecule has 1 N–H and O–H groups in total. The number of aryl methyl sites for hydroxylation is 1. The van der Waals surface area contributed by atoms with E-state index in [1.165, 1.54) is 12.0 Å². The van der Waals surface area contributed by atoms with Gasteiger partial charge in [0, 0.05) is 5.02 Å². The predicted octanol–water partition coefficient (Wildman–Crippen LogP) is 3.51. The molecule has 0 saturated carbocycles. The minimum Gasteiger partial charge on any atom is -0.496 e. The van der Waals surface area contributed by atoms with E-state index in [0.717, 1.165) is 41.3 Å². The van der Waals surface area contributed by atoms with Crippen molar-refractivity contribution >= 4 is 11.6 Å². The second-order valence-electron chi connectivity index (χ2n) is 4.37. The number of benzene rings is 1. The molecule has 0 atom stereocenters. The molecule has 1 rings (SSSR count). The van der Waals surface area contributed by atoms with E-state index in [0.29, 0.717) is 0 Å². The Hall–Kier alpha value is -0.730. The first-order chi connectivity index (χ1) is 8.11. The molecule has 0 aliphatic heterocycles. The Kier molecular flexibility index (Phi) is 5.79. The minimum atomic E-state index is 0.870. The lowest BCUT2D eigenvalue weighted by molar-refractivity contribution is 0.408. The van der Waals surface area contributed by atoms with Crippen molar-refractivity contribution in [3.8, 4) is 5.75 Å². The van der Waals surface area contributed by atoms with Crippen LogP contribution in [0, 0.1) is 13.8 Å². The molecule has 0 heterocycles. The molecule has 0 saturated heterocycles. The quantitative estimate of drug-likeness (QED) is 0.786. The molecule has 17 heavy (non-hydrogen) atoms. The van der Waals surface area contributed by atoms with E-state index in [-0.39, 0.29) is 0 Å². The molecule has 0 bridgehead atoms. The van der Waals surface area contributed by atoms with E-state index in [2.05, 4.69) is 12.2 Å². The largest absolute Gasteiger partial charge is 0.496 e. The minimum absolute atomic E-state index is 0.870. The van der Waals surface area contributed by atoms with E-state index in [1.807, 2.05) is 20.0 Å². The van der Waals surface area contributed by atoms with E-state index >= 15 is 0 Å². The smallest absolute Gasteiger partial charge is 0.122 e. The molecular weight excluding hydrogens is 234 g/mol. The van der Waals surface area contributed by atoms with Crippen LogP contribution < -0.4 is 10.1 Å². The van der Waals surface area contributed by atoms with Crippen LogP contribution in [0.25, 0.3) is 0 Å². The Morgan fingerprint density at radius 1 is 1.29 bits per heavy atom. The normalized spacial score (nSPS) is 10.6. The molecule has 2 nitrogen and oxygen atoms in total. The van der Waals surface area contributed by atoms with Gasteiger partial charge in [-0.15, -0.1) is 0 Å². The third-order valence-corrected chi connectivity index (χ3v) is 3.68. The maximum absolute atomic E-state index is 6.28. The predicted molar refractivity (Wildman–Crippen MR) is 74.3 cm³/mol. The number of rotatable bonds is 6. The van der Waals surface area contributed by atoms with Gasteiger partial charge in [-0.1, -0.05) is 11.6 Å². The van der Waals surface area contributed by atoms with Gasteiger partial charge in [0.15, 0.2) is 0 Å². The van der Waals surface area contributed by atoms with Crippen molar-refractivity contribution in [3.63, 3.8) is 0 Å². The number of halogens is 1. The Bertz CT molecular complexity index is 377. The van der Waals surface area contributed by atoms with Crippen LogP contribution in [0.4, 0.5) is 0 Å². The van der Waals surface area contributed by atoms with Crippen molar-refractivity contribution in [1.29, 1.82) is 0 Å². The maximum Gasteiger partial charge on any atom is 0.122 e. The fraction of sp³-hybridized carbons (Fsp3) is 0.571. The van der Waals surface area contributed by atoms with E-state index in [9.17, 15) is 0 Å². The summed E-state index contributed by atoms with van der Waals surface area (Å²) in [5, 5.41) is 4.03. The summed E-state index contributed by atoms with van der Waals surface area (Å²) < 4.78 is 5.44. The summed E-state index contributed by atoms with van der Waals surface area (Å²) in [7, 11) is 3.70. The van der Waals surface area contributed by atoms with Gasteiger partial charge in [-0.05, 0) is 69.5 Å². The summed E-state index contributed by atoms with van der Waals surface area (Å²) >= 11 is 6.28. The Morgan fingerprint density at radius 3 is 2.59 bits per heavy atom. The summed E-state index contributed by atoms with van der Waals surface area (Å²) in [4.78, 5) is 0. The highest BCUT2D eigenvalue weighted by Crippen LogP contribution is 2.32. The topological polar surface area (TPSA) is 21.3 Å². The summed E-state index contributed by atoms with van der Waals surface area (Å²) in [6.45, 7) is 5.15. The van der Waals surface area contributed by atoms with Gasteiger partial charge in [-0.3, -0.25) is 0 Å². The SMILES string of the molecule is CNCCCCc1c(OC)cc(C)c(Cl)c1C. The van der Waals surface area contributed by atoms with Gasteiger partial charge in [0.05, 0.1) is 7.11 Å². The van der Waals surface area contributed by atoms with Crippen molar-refractivity contribution in [2.45, 2.75) is 33.1 Å². The van der Waals surface area contributed by atoms with Gasteiger partial charge in [0.2, 0.25) is 0 Å². The molecule has 3 heteroatoms. The second kappa shape index (κ2) is 6.87. The molecule has 96 valence electrons. The zero-order valence-corrected chi connectivity index (χ0v) is 11.9. The zero-order valence-electron chi connectivity index (χ0n) is 11.2. The van der Waals surface area contributed by atoms with Crippen LogP contribution in [0.3, 0.4) is 0 Å². The molecular formula is C14H22ClNO. The summed E-state index contributed by atoms with van der Waals surface area (Å²) in [6, 6.07) is 2.03. The number of hydrogen-bond donors (Lipinski definition) is 1. The van der Waals surface area contributed by atoms with Gasteiger partial charge in [-0.25, -0.2) is 0 Å². The fourth-order valence-corrected chi connectivity index (χ4v) is 2.23.